The molecule has 1 aromatic rings. The Morgan fingerprint density at radius 3 is 2.82 bits per heavy atom. The van der Waals surface area contributed by atoms with Crippen molar-refractivity contribution >= 4 is 6.09 Å². The van der Waals surface area contributed by atoms with Crippen LogP contribution in [-0.4, -0.2) is 27.6 Å². The first-order chi connectivity index (χ1) is 8.22. The average Bonchev–Trinajstić information content (AvgIpc) is 2.74. The van der Waals surface area contributed by atoms with Crippen molar-refractivity contribution < 1.29 is 9.53 Å². The summed E-state index contributed by atoms with van der Waals surface area (Å²) in [4.78, 5) is 10.4. The van der Waals surface area contributed by atoms with Crippen molar-refractivity contribution in [2.24, 2.45) is 11.5 Å². The van der Waals surface area contributed by atoms with Crippen molar-refractivity contribution in [3.63, 3.8) is 0 Å². The predicted octanol–water partition coefficient (Wildman–Crippen LogP) is 0.392. The molecule has 0 atom stereocenters. The number of ether oxygens (including phenoxy) is 1. The fraction of sp³-hybridized carbons (Fsp3) is 0.700. The van der Waals surface area contributed by atoms with E-state index in [0.29, 0.717) is 5.69 Å². The molecule has 0 fully saturated rings. The van der Waals surface area contributed by atoms with Gasteiger partial charge in [0, 0.05) is 6.54 Å². The number of hydrogen-bond donors (Lipinski definition) is 2. The van der Waals surface area contributed by atoms with E-state index in [-0.39, 0.29) is 6.61 Å². The summed E-state index contributed by atoms with van der Waals surface area (Å²) in [5.41, 5.74) is 10.9. The first-order valence-corrected chi connectivity index (χ1v) is 5.73. The van der Waals surface area contributed by atoms with Crippen molar-refractivity contribution in [3.8, 4) is 0 Å². The zero-order chi connectivity index (χ0) is 12.5. The lowest BCUT2D eigenvalue weighted by Gasteiger charge is -2.00. The molecule has 0 aromatic carbocycles. The first-order valence-electron chi connectivity index (χ1n) is 5.73. The fourth-order valence-corrected chi connectivity index (χ4v) is 1.43. The molecule has 0 radical (unpaired) electrons. The highest BCUT2D eigenvalue weighted by molar-refractivity contribution is 5.64. The minimum absolute atomic E-state index is 0.0719. The normalized spacial score (nSPS) is 10.4. The number of aryl methyl sites for hydroxylation is 1. The van der Waals surface area contributed by atoms with Gasteiger partial charge in [-0.05, 0) is 19.4 Å². The number of nitrogens with two attached hydrogens (primary N) is 2. The maximum atomic E-state index is 10.4. The molecule has 0 saturated carbocycles. The molecule has 4 N–H and O–H groups in total. The number of hydrogen-bond acceptors (Lipinski definition) is 5. The SMILES string of the molecule is NCCCCCCn1cc(COC(N)=O)nn1. The predicted molar refractivity (Wildman–Crippen MR) is 61.9 cm³/mol. The van der Waals surface area contributed by atoms with Gasteiger partial charge in [-0.25, -0.2) is 4.79 Å². The van der Waals surface area contributed by atoms with E-state index in [1.54, 1.807) is 10.9 Å². The Morgan fingerprint density at radius 1 is 1.35 bits per heavy atom. The topological polar surface area (TPSA) is 109 Å². The summed E-state index contributed by atoms with van der Waals surface area (Å²) in [5, 5.41) is 7.79. The van der Waals surface area contributed by atoms with Crippen LogP contribution in [0.4, 0.5) is 4.79 Å². The molecule has 1 rings (SSSR count). The van der Waals surface area contributed by atoms with E-state index in [9.17, 15) is 4.79 Å². The molecule has 0 aliphatic rings. The minimum Gasteiger partial charge on any atom is -0.443 e. The fourth-order valence-electron chi connectivity index (χ4n) is 1.43. The number of unbranched alkanes of at least 4 members (excludes halogenated alkanes) is 3. The van der Waals surface area contributed by atoms with Crippen LogP contribution < -0.4 is 11.5 Å². The number of carbonyl (C=O) groups excluding carboxylic acids is 1. The summed E-state index contributed by atoms with van der Waals surface area (Å²) >= 11 is 0. The van der Waals surface area contributed by atoms with Crippen molar-refractivity contribution in [2.45, 2.75) is 38.8 Å². The summed E-state index contributed by atoms with van der Waals surface area (Å²) in [6, 6.07) is 0. The zero-order valence-electron chi connectivity index (χ0n) is 9.84. The largest absolute Gasteiger partial charge is 0.443 e. The molecule has 0 saturated heterocycles. The van der Waals surface area contributed by atoms with Crippen LogP contribution in [0.15, 0.2) is 6.20 Å². The second-order valence-electron chi connectivity index (χ2n) is 3.78. The highest BCUT2D eigenvalue weighted by atomic mass is 16.5. The van der Waals surface area contributed by atoms with Crippen LogP contribution >= 0.6 is 0 Å². The Hall–Kier alpha value is -1.63. The van der Waals surface area contributed by atoms with E-state index in [1.165, 1.54) is 0 Å². The van der Waals surface area contributed by atoms with Gasteiger partial charge in [-0.2, -0.15) is 0 Å². The molecule has 0 aliphatic carbocycles. The molecule has 0 aliphatic heterocycles. The Kier molecular flexibility index (Phi) is 6.02. The van der Waals surface area contributed by atoms with Crippen molar-refractivity contribution in [2.75, 3.05) is 6.54 Å². The number of nitrogens with zero attached hydrogens (tertiary/aromatic N) is 3. The van der Waals surface area contributed by atoms with E-state index in [1.807, 2.05) is 0 Å². The molecule has 96 valence electrons. The monoisotopic (exact) mass is 241 g/mol. The van der Waals surface area contributed by atoms with Gasteiger partial charge in [0.15, 0.2) is 0 Å². The van der Waals surface area contributed by atoms with Crippen LogP contribution in [-0.2, 0) is 17.9 Å². The molecular formula is C10H19N5O2. The first kappa shape index (κ1) is 13.4. The van der Waals surface area contributed by atoms with Crippen molar-refractivity contribution in [1.29, 1.82) is 0 Å². The zero-order valence-corrected chi connectivity index (χ0v) is 9.84. The maximum Gasteiger partial charge on any atom is 0.404 e. The van der Waals surface area contributed by atoms with Gasteiger partial charge in [0.05, 0.1) is 6.20 Å². The van der Waals surface area contributed by atoms with Crippen LogP contribution in [0.2, 0.25) is 0 Å². The molecule has 7 nitrogen and oxygen atoms in total. The lowest BCUT2D eigenvalue weighted by molar-refractivity contribution is 0.149. The van der Waals surface area contributed by atoms with E-state index in [0.717, 1.165) is 38.8 Å². The van der Waals surface area contributed by atoms with Crippen LogP contribution in [0.1, 0.15) is 31.4 Å². The van der Waals surface area contributed by atoms with Crippen molar-refractivity contribution in [1.82, 2.24) is 15.0 Å². The van der Waals surface area contributed by atoms with E-state index in [4.69, 9.17) is 11.5 Å². The third-order valence-electron chi connectivity index (χ3n) is 2.29. The van der Waals surface area contributed by atoms with Gasteiger partial charge in [0.1, 0.15) is 12.3 Å². The third kappa shape index (κ3) is 5.86. The molecular weight excluding hydrogens is 222 g/mol. The van der Waals surface area contributed by atoms with Gasteiger partial charge >= 0.3 is 6.09 Å². The van der Waals surface area contributed by atoms with Crippen molar-refractivity contribution in [3.05, 3.63) is 11.9 Å². The molecule has 0 spiro atoms. The minimum atomic E-state index is -0.804. The Bertz CT molecular complexity index is 339. The molecule has 0 bridgehead atoms. The van der Waals surface area contributed by atoms with Crippen LogP contribution in [0.3, 0.4) is 0 Å². The van der Waals surface area contributed by atoms with Gasteiger partial charge < -0.3 is 16.2 Å². The Labute approximate surface area is 100 Å². The molecule has 1 amide bonds. The summed E-state index contributed by atoms with van der Waals surface area (Å²) in [5.74, 6) is 0. The van der Waals surface area contributed by atoms with Gasteiger partial charge in [-0.1, -0.05) is 18.1 Å². The quantitative estimate of drug-likeness (QED) is 0.640. The summed E-state index contributed by atoms with van der Waals surface area (Å²) < 4.78 is 6.35. The van der Waals surface area contributed by atoms with Gasteiger partial charge in [-0.15, -0.1) is 5.10 Å². The lowest BCUT2D eigenvalue weighted by atomic mass is 10.2. The van der Waals surface area contributed by atoms with E-state index >= 15 is 0 Å². The summed E-state index contributed by atoms with van der Waals surface area (Å²) in [7, 11) is 0. The standard InChI is InChI=1S/C10H19N5O2/c11-5-3-1-2-4-6-15-7-9(13-14-15)8-17-10(12)16/h7H,1-6,8,11H2,(H2,12,16). The number of primary amides is 1. The highest BCUT2D eigenvalue weighted by Crippen LogP contribution is 2.02. The van der Waals surface area contributed by atoms with E-state index in [2.05, 4.69) is 15.0 Å². The molecule has 1 aromatic heterocycles. The molecule has 1 heterocycles. The second kappa shape index (κ2) is 7.61. The lowest BCUT2D eigenvalue weighted by Crippen LogP contribution is -2.12. The highest BCUT2D eigenvalue weighted by Gasteiger charge is 2.02. The second-order valence-corrected chi connectivity index (χ2v) is 3.78. The summed E-state index contributed by atoms with van der Waals surface area (Å²) in [6.07, 6.45) is 5.33. The number of carbonyl (C=O) groups is 1. The molecule has 17 heavy (non-hydrogen) atoms. The Morgan fingerprint density at radius 2 is 2.12 bits per heavy atom. The average molecular weight is 241 g/mol. The van der Waals surface area contributed by atoms with Crippen LogP contribution in [0.25, 0.3) is 0 Å². The molecule has 0 unspecified atom stereocenters. The smallest absolute Gasteiger partial charge is 0.404 e. The van der Waals surface area contributed by atoms with E-state index < -0.39 is 6.09 Å². The Balaban J connectivity index is 2.19. The van der Waals surface area contributed by atoms with Gasteiger partial charge in [0.2, 0.25) is 0 Å². The number of rotatable bonds is 8. The van der Waals surface area contributed by atoms with Gasteiger partial charge in [-0.3, -0.25) is 4.68 Å². The number of amides is 1. The number of aromatic nitrogens is 3. The van der Waals surface area contributed by atoms with Crippen LogP contribution in [0.5, 0.6) is 0 Å². The maximum absolute atomic E-state index is 10.4. The van der Waals surface area contributed by atoms with Gasteiger partial charge in [0.25, 0.3) is 0 Å². The molecule has 7 heteroatoms. The van der Waals surface area contributed by atoms with Crippen LogP contribution in [0, 0.1) is 0 Å². The third-order valence-corrected chi connectivity index (χ3v) is 2.29. The summed E-state index contributed by atoms with van der Waals surface area (Å²) in [6.45, 7) is 1.63.